The lowest BCUT2D eigenvalue weighted by Gasteiger charge is -2.24. The van der Waals surface area contributed by atoms with Gasteiger partial charge in [0.1, 0.15) is 5.75 Å². The second-order valence-corrected chi connectivity index (χ2v) is 4.68. The normalized spacial score (nSPS) is 19.7. The Labute approximate surface area is 111 Å². The zero-order chi connectivity index (χ0) is 14.0. The number of hydrogen-bond acceptors (Lipinski definition) is 4. The first-order valence-corrected chi connectivity index (χ1v) is 6.12. The smallest absolute Gasteiger partial charge is 0.254 e. The lowest BCUT2D eigenvalue weighted by Crippen LogP contribution is -2.44. The van der Waals surface area contributed by atoms with Crippen LogP contribution in [0.25, 0.3) is 0 Å². The lowest BCUT2D eigenvalue weighted by atomic mass is 10.1. The topological polar surface area (TPSA) is 99.2 Å². The van der Waals surface area contributed by atoms with Gasteiger partial charge < -0.3 is 20.9 Å². The molecule has 1 amide bonds. The van der Waals surface area contributed by atoms with Gasteiger partial charge in [-0.05, 0) is 43.5 Å². The minimum absolute atomic E-state index is 0.0577. The number of carbonyl (C=O) groups is 1. The Balaban J connectivity index is 2.28. The number of hydrogen-bond donors (Lipinski definition) is 3. The van der Waals surface area contributed by atoms with Crippen LogP contribution in [0, 0.1) is 6.92 Å². The third-order valence-corrected chi connectivity index (χ3v) is 3.41. The molecule has 2 rings (SSSR count). The number of likely N-dealkylation sites (tertiary alicyclic amines) is 1. The first-order chi connectivity index (χ1) is 9.04. The van der Waals surface area contributed by atoms with Gasteiger partial charge >= 0.3 is 0 Å². The minimum atomic E-state index is -0.356. The van der Waals surface area contributed by atoms with Gasteiger partial charge in [0.25, 0.3) is 5.91 Å². The molecule has 19 heavy (non-hydrogen) atoms. The van der Waals surface area contributed by atoms with E-state index in [9.17, 15) is 9.90 Å². The zero-order valence-corrected chi connectivity index (χ0v) is 10.7. The van der Waals surface area contributed by atoms with E-state index in [4.69, 9.17) is 10.9 Å². The average Bonchev–Trinajstić information content (AvgIpc) is 2.86. The number of nitrogens with zero attached hydrogens (tertiary/aromatic N) is 2. The quantitative estimate of drug-likeness (QED) is 0.321. The van der Waals surface area contributed by atoms with Crippen LogP contribution in [-0.4, -0.2) is 39.5 Å². The van der Waals surface area contributed by atoms with E-state index in [1.165, 1.54) is 6.07 Å². The van der Waals surface area contributed by atoms with E-state index in [-0.39, 0.29) is 23.5 Å². The molecule has 6 heteroatoms. The van der Waals surface area contributed by atoms with Crippen LogP contribution < -0.4 is 5.73 Å². The highest BCUT2D eigenvalue weighted by molar-refractivity contribution is 5.99. The van der Waals surface area contributed by atoms with Crippen molar-refractivity contribution in [3.05, 3.63) is 29.3 Å². The summed E-state index contributed by atoms with van der Waals surface area (Å²) >= 11 is 0. The highest BCUT2D eigenvalue weighted by Crippen LogP contribution is 2.23. The number of carbonyl (C=O) groups excluding carboxylic acids is 1. The number of aromatic hydroxyl groups is 1. The molecule has 0 aliphatic carbocycles. The van der Waals surface area contributed by atoms with Crippen molar-refractivity contribution in [3.63, 3.8) is 0 Å². The molecule has 1 aliphatic heterocycles. The van der Waals surface area contributed by atoms with Crippen molar-refractivity contribution in [3.8, 4) is 5.75 Å². The number of amides is 1. The number of aryl methyl sites for hydroxylation is 1. The molecule has 0 aromatic heterocycles. The third-order valence-electron chi connectivity index (χ3n) is 3.41. The Morgan fingerprint density at radius 2 is 2.26 bits per heavy atom. The molecule has 1 saturated heterocycles. The van der Waals surface area contributed by atoms with Crippen molar-refractivity contribution in [2.24, 2.45) is 10.9 Å². The molecule has 1 aromatic rings. The number of phenolic OH excluding ortho intramolecular Hbond substituents is 1. The van der Waals surface area contributed by atoms with Gasteiger partial charge in [-0.1, -0.05) is 5.16 Å². The summed E-state index contributed by atoms with van der Waals surface area (Å²) < 4.78 is 0. The Hall–Kier alpha value is -2.24. The predicted octanol–water partition coefficient (Wildman–Crippen LogP) is 1.05. The van der Waals surface area contributed by atoms with Crippen molar-refractivity contribution in [1.82, 2.24) is 4.90 Å². The van der Waals surface area contributed by atoms with Gasteiger partial charge in [0.05, 0.1) is 6.04 Å². The molecule has 1 unspecified atom stereocenters. The number of benzene rings is 1. The number of nitrogens with two attached hydrogens (primary N) is 1. The molecule has 1 atom stereocenters. The van der Waals surface area contributed by atoms with Gasteiger partial charge in [0, 0.05) is 12.1 Å². The minimum Gasteiger partial charge on any atom is -0.508 e. The standard InChI is InChI=1S/C13H17N3O3/c1-8-7-9(17)4-5-10(8)13(18)16-6-2-3-11(16)12(14)15-19/h4-5,7,11,17,19H,2-3,6H2,1H3,(H2,14,15). The van der Waals surface area contributed by atoms with E-state index in [1.54, 1.807) is 24.0 Å². The van der Waals surface area contributed by atoms with Crippen LogP contribution in [0.3, 0.4) is 0 Å². The first-order valence-electron chi connectivity index (χ1n) is 6.12. The summed E-state index contributed by atoms with van der Waals surface area (Å²) in [5.74, 6) is 0.0253. The Bertz CT molecular complexity index is 528. The maximum Gasteiger partial charge on any atom is 0.254 e. The lowest BCUT2D eigenvalue weighted by molar-refractivity contribution is 0.0767. The van der Waals surface area contributed by atoms with Crippen LogP contribution in [0.2, 0.25) is 0 Å². The molecule has 0 saturated carbocycles. The molecule has 102 valence electrons. The van der Waals surface area contributed by atoms with Crippen LogP contribution in [0.4, 0.5) is 0 Å². The molecule has 1 aromatic carbocycles. The summed E-state index contributed by atoms with van der Waals surface area (Å²) in [6, 6.07) is 4.26. The van der Waals surface area contributed by atoms with Crippen LogP contribution in [0.5, 0.6) is 5.75 Å². The molecule has 1 heterocycles. The fraction of sp³-hybridized carbons (Fsp3) is 0.385. The summed E-state index contributed by atoms with van der Waals surface area (Å²) in [5, 5.41) is 21.1. The number of oxime groups is 1. The summed E-state index contributed by atoms with van der Waals surface area (Å²) in [7, 11) is 0. The SMILES string of the molecule is Cc1cc(O)ccc1C(=O)N1CCCC1/C(N)=N/O. The maximum atomic E-state index is 12.5. The molecule has 0 radical (unpaired) electrons. The molecule has 0 spiro atoms. The van der Waals surface area contributed by atoms with E-state index in [2.05, 4.69) is 5.16 Å². The summed E-state index contributed by atoms with van der Waals surface area (Å²) in [6.07, 6.45) is 1.52. The number of amidine groups is 1. The van der Waals surface area contributed by atoms with E-state index in [0.717, 1.165) is 6.42 Å². The highest BCUT2D eigenvalue weighted by atomic mass is 16.4. The summed E-state index contributed by atoms with van der Waals surface area (Å²) in [6.45, 7) is 2.35. The van der Waals surface area contributed by atoms with E-state index >= 15 is 0 Å². The Morgan fingerprint density at radius 3 is 2.89 bits per heavy atom. The van der Waals surface area contributed by atoms with Crippen molar-refractivity contribution < 1.29 is 15.1 Å². The van der Waals surface area contributed by atoms with Crippen LogP contribution >= 0.6 is 0 Å². The van der Waals surface area contributed by atoms with Gasteiger partial charge in [-0.3, -0.25) is 4.79 Å². The highest BCUT2D eigenvalue weighted by Gasteiger charge is 2.32. The molecule has 6 nitrogen and oxygen atoms in total. The Morgan fingerprint density at radius 1 is 1.53 bits per heavy atom. The maximum absolute atomic E-state index is 12.5. The van der Waals surface area contributed by atoms with Crippen molar-refractivity contribution in [1.29, 1.82) is 0 Å². The Kier molecular flexibility index (Phi) is 3.59. The van der Waals surface area contributed by atoms with Crippen molar-refractivity contribution in [2.45, 2.75) is 25.8 Å². The predicted molar refractivity (Wildman–Crippen MR) is 70.3 cm³/mol. The van der Waals surface area contributed by atoms with Crippen LogP contribution in [0.15, 0.2) is 23.4 Å². The van der Waals surface area contributed by atoms with Gasteiger partial charge in [-0.25, -0.2) is 0 Å². The molecular formula is C13H17N3O3. The van der Waals surface area contributed by atoms with Gasteiger partial charge in [0.2, 0.25) is 0 Å². The van der Waals surface area contributed by atoms with Crippen molar-refractivity contribution in [2.75, 3.05) is 6.54 Å². The van der Waals surface area contributed by atoms with Gasteiger partial charge in [-0.15, -0.1) is 0 Å². The van der Waals surface area contributed by atoms with Crippen LogP contribution in [-0.2, 0) is 0 Å². The molecule has 4 N–H and O–H groups in total. The fourth-order valence-corrected chi connectivity index (χ4v) is 2.43. The molecule has 1 aliphatic rings. The summed E-state index contributed by atoms with van der Waals surface area (Å²) in [5.41, 5.74) is 6.84. The number of rotatable bonds is 2. The largest absolute Gasteiger partial charge is 0.508 e. The van der Waals surface area contributed by atoms with E-state index in [0.29, 0.717) is 24.1 Å². The van der Waals surface area contributed by atoms with Crippen LogP contribution in [0.1, 0.15) is 28.8 Å². The molecular weight excluding hydrogens is 246 g/mol. The van der Waals surface area contributed by atoms with E-state index < -0.39 is 0 Å². The first kappa shape index (κ1) is 13.2. The third kappa shape index (κ3) is 2.47. The molecule has 1 fully saturated rings. The molecule has 0 bridgehead atoms. The zero-order valence-electron chi connectivity index (χ0n) is 10.7. The van der Waals surface area contributed by atoms with E-state index in [1.807, 2.05) is 0 Å². The fourth-order valence-electron chi connectivity index (χ4n) is 2.43. The second-order valence-electron chi connectivity index (χ2n) is 4.68. The van der Waals surface area contributed by atoms with Crippen molar-refractivity contribution >= 4 is 11.7 Å². The summed E-state index contributed by atoms with van der Waals surface area (Å²) in [4.78, 5) is 14.1. The monoisotopic (exact) mass is 263 g/mol. The van der Waals surface area contributed by atoms with Gasteiger partial charge in [-0.2, -0.15) is 0 Å². The second kappa shape index (κ2) is 5.17. The van der Waals surface area contributed by atoms with Gasteiger partial charge in [0.15, 0.2) is 5.84 Å². The number of phenols is 1. The average molecular weight is 263 g/mol.